The molecule has 15 heavy (non-hydrogen) atoms. The monoisotopic (exact) mass is 211 g/mol. The fourth-order valence-corrected chi connectivity index (χ4v) is 1.32. The molecule has 84 valence electrons. The highest BCUT2D eigenvalue weighted by Crippen LogP contribution is 2.21. The van der Waals surface area contributed by atoms with Crippen molar-refractivity contribution in [2.24, 2.45) is 11.6 Å². The molecule has 0 fully saturated rings. The Labute approximate surface area is 90.4 Å². The van der Waals surface area contributed by atoms with Crippen LogP contribution in [0.2, 0.25) is 0 Å². The molecule has 0 saturated heterocycles. The Bertz CT molecular complexity index is 377. The second-order valence-corrected chi connectivity index (χ2v) is 3.62. The van der Waals surface area contributed by atoms with Crippen LogP contribution >= 0.6 is 0 Å². The fraction of sp³-hybridized carbons (Fsp3) is 0.273. The molecule has 1 aromatic carbocycles. The van der Waals surface area contributed by atoms with Gasteiger partial charge < -0.3 is 11.2 Å². The van der Waals surface area contributed by atoms with Crippen LogP contribution in [0.5, 0.6) is 0 Å². The van der Waals surface area contributed by atoms with Crippen molar-refractivity contribution in [3.8, 4) is 0 Å². The van der Waals surface area contributed by atoms with Crippen molar-refractivity contribution in [2.45, 2.75) is 19.8 Å². The van der Waals surface area contributed by atoms with Gasteiger partial charge in [0, 0.05) is 13.2 Å². The van der Waals surface area contributed by atoms with Gasteiger partial charge in [-0.15, -0.1) is 0 Å². The standard InChI is InChI=1S/C11H16FN3.H2/c1-7(2)8-3-4-10(12)9(5-8)11(6-13)15-14;/h3-7,15H,13-14H2,1-2H3;1H/b11-6-;. The fourth-order valence-electron chi connectivity index (χ4n) is 1.32. The van der Waals surface area contributed by atoms with Gasteiger partial charge in [0.15, 0.2) is 0 Å². The van der Waals surface area contributed by atoms with Crippen molar-refractivity contribution in [3.63, 3.8) is 0 Å². The van der Waals surface area contributed by atoms with Crippen molar-refractivity contribution < 1.29 is 5.82 Å². The van der Waals surface area contributed by atoms with E-state index in [4.69, 9.17) is 11.6 Å². The first-order valence-corrected chi connectivity index (χ1v) is 4.78. The van der Waals surface area contributed by atoms with Crippen molar-refractivity contribution in [2.75, 3.05) is 0 Å². The summed E-state index contributed by atoms with van der Waals surface area (Å²) >= 11 is 0. The average molecular weight is 211 g/mol. The number of nitrogens with two attached hydrogens (primary N) is 2. The van der Waals surface area contributed by atoms with Crippen LogP contribution in [-0.4, -0.2) is 0 Å². The lowest BCUT2D eigenvalue weighted by Crippen LogP contribution is -2.21. The number of benzene rings is 1. The minimum atomic E-state index is -0.339. The third kappa shape index (κ3) is 2.47. The molecule has 0 amide bonds. The van der Waals surface area contributed by atoms with Crippen LogP contribution in [0.25, 0.3) is 5.70 Å². The Hall–Kier alpha value is -1.55. The summed E-state index contributed by atoms with van der Waals surface area (Å²) in [5, 5.41) is 0. The predicted octanol–water partition coefficient (Wildman–Crippen LogP) is 1.92. The smallest absolute Gasteiger partial charge is 0.132 e. The zero-order valence-electron chi connectivity index (χ0n) is 8.92. The van der Waals surface area contributed by atoms with Gasteiger partial charge in [0.25, 0.3) is 0 Å². The number of nitrogens with one attached hydrogen (secondary N) is 1. The maximum absolute atomic E-state index is 13.5. The molecular formula is C11H18FN3. The van der Waals surface area contributed by atoms with Crippen molar-refractivity contribution in [1.82, 2.24) is 5.43 Å². The molecule has 4 heteroatoms. The molecule has 0 bridgehead atoms. The van der Waals surface area contributed by atoms with Crippen LogP contribution in [0.15, 0.2) is 24.4 Å². The van der Waals surface area contributed by atoms with E-state index in [-0.39, 0.29) is 7.24 Å². The lowest BCUT2D eigenvalue weighted by molar-refractivity contribution is 0.620. The minimum Gasteiger partial charge on any atom is -0.403 e. The van der Waals surface area contributed by atoms with E-state index in [0.29, 0.717) is 17.2 Å². The van der Waals surface area contributed by atoms with Gasteiger partial charge in [-0.05, 0) is 23.6 Å². The molecule has 5 N–H and O–H groups in total. The first kappa shape index (κ1) is 11.5. The summed E-state index contributed by atoms with van der Waals surface area (Å²) < 4.78 is 13.5. The van der Waals surface area contributed by atoms with Gasteiger partial charge in [0.1, 0.15) is 5.82 Å². The molecule has 3 nitrogen and oxygen atoms in total. The van der Waals surface area contributed by atoms with Crippen molar-refractivity contribution in [3.05, 3.63) is 41.3 Å². The van der Waals surface area contributed by atoms with Crippen LogP contribution < -0.4 is 17.0 Å². The molecule has 0 atom stereocenters. The Morgan fingerprint density at radius 3 is 2.67 bits per heavy atom. The summed E-state index contributed by atoms with van der Waals surface area (Å²) in [4.78, 5) is 0. The van der Waals surface area contributed by atoms with Gasteiger partial charge in [-0.3, -0.25) is 5.84 Å². The Morgan fingerprint density at radius 1 is 1.53 bits per heavy atom. The Balaban J connectivity index is 0.00000225. The lowest BCUT2D eigenvalue weighted by atomic mass is 9.99. The van der Waals surface area contributed by atoms with Crippen LogP contribution in [0.4, 0.5) is 4.39 Å². The first-order chi connectivity index (χ1) is 7.10. The van der Waals surface area contributed by atoms with Gasteiger partial charge in [-0.2, -0.15) is 0 Å². The molecule has 0 unspecified atom stereocenters. The quantitative estimate of drug-likeness (QED) is 0.528. The summed E-state index contributed by atoms with van der Waals surface area (Å²) in [5.74, 6) is 5.24. The van der Waals surface area contributed by atoms with Crippen molar-refractivity contribution >= 4 is 5.70 Å². The molecule has 1 aromatic rings. The summed E-state index contributed by atoms with van der Waals surface area (Å²) in [6.45, 7) is 4.08. The molecule has 0 spiro atoms. The average Bonchev–Trinajstić information content (AvgIpc) is 2.22. The molecule has 0 aliphatic heterocycles. The van der Waals surface area contributed by atoms with E-state index in [1.807, 2.05) is 13.8 Å². The molecule has 1 rings (SSSR count). The van der Waals surface area contributed by atoms with Crippen LogP contribution in [0.1, 0.15) is 32.3 Å². The van der Waals surface area contributed by atoms with Gasteiger partial charge in [0.2, 0.25) is 0 Å². The number of halogens is 1. The molecule has 0 radical (unpaired) electrons. The molecule has 0 aliphatic carbocycles. The zero-order chi connectivity index (χ0) is 11.4. The second-order valence-electron chi connectivity index (χ2n) is 3.62. The van der Waals surface area contributed by atoms with Gasteiger partial charge in [-0.25, -0.2) is 4.39 Å². The molecule has 0 heterocycles. The molecule has 0 saturated carbocycles. The molecule has 0 aliphatic rings. The molecular weight excluding hydrogens is 193 g/mol. The number of hydrogen-bond acceptors (Lipinski definition) is 3. The minimum absolute atomic E-state index is 0. The maximum Gasteiger partial charge on any atom is 0.132 e. The van der Waals surface area contributed by atoms with E-state index in [1.54, 1.807) is 12.1 Å². The number of hydrogen-bond donors (Lipinski definition) is 3. The summed E-state index contributed by atoms with van der Waals surface area (Å²) in [5.41, 5.74) is 9.53. The van der Waals surface area contributed by atoms with Crippen LogP contribution in [-0.2, 0) is 0 Å². The van der Waals surface area contributed by atoms with E-state index in [2.05, 4.69) is 5.43 Å². The van der Waals surface area contributed by atoms with Gasteiger partial charge in [-0.1, -0.05) is 19.9 Å². The topological polar surface area (TPSA) is 64.1 Å². The van der Waals surface area contributed by atoms with Crippen molar-refractivity contribution in [1.29, 1.82) is 0 Å². The number of rotatable bonds is 3. The zero-order valence-corrected chi connectivity index (χ0v) is 8.92. The van der Waals surface area contributed by atoms with Crippen LogP contribution in [0.3, 0.4) is 0 Å². The van der Waals surface area contributed by atoms with Gasteiger partial charge in [0.05, 0.1) is 5.70 Å². The van der Waals surface area contributed by atoms with Gasteiger partial charge >= 0.3 is 0 Å². The van der Waals surface area contributed by atoms with E-state index in [0.717, 1.165) is 5.56 Å². The number of hydrazine groups is 1. The highest BCUT2D eigenvalue weighted by molar-refractivity contribution is 5.64. The SMILES string of the molecule is CC(C)c1ccc(F)c(/C(=C/N)NN)c1.[HH]. The predicted molar refractivity (Wildman–Crippen MR) is 62.1 cm³/mol. The molecule has 0 aromatic heterocycles. The summed E-state index contributed by atoms with van der Waals surface area (Å²) in [6.07, 6.45) is 1.25. The summed E-state index contributed by atoms with van der Waals surface area (Å²) in [7, 11) is 0. The van der Waals surface area contributed by atoms with E-state index in [9.17, 15) is 4.39 Å². The third-order valence-corrected chi connectivity index (χ3v) is 2.27. The highest BCUT2D eigenvalue weighted by atomic mass is 19.1. The second kappa shape index (κ2) is 4.79. The largest absolute Gasteiger partial charge is 0.403 e. The lowest BCUT2D eigenvalue weighted by Gasteiger charge is -2.11. The van der Waals surface area contributed by atoms with E-state index in [1.165, 1.54) is 12.3 Å². The first-order valence-electron chi connectivity index (χ1n) is 4.78. The Kier molecular flexibility index (Phi) is 3.68. The van der Waals surface area contributed by atoms with E-state index >= 15 is 0 Å². The summed E-state index contributed by atoms with van der Waals surface area (Å²) in [6, 6.07) is 4.93. The Morgan fingerprint density at radius 2 is 2.20 bits per heavy atom. The highest BCUT2D eigenvalue weighted by Gasteiger charge is 2.09. The van der Waals surface area contributed by atoms with E-state index < -0.39 is 0 Å². The van der Waals surface area contributed by atoms with Crippen LogP contribution in [0, 0.1) is 5.82 Å². The normalized spacial score (nSPS) is 11.9. The third-order valence-electron chi connectivity index (χ3n) is 2.27. The maximum atomic E-state index is 13.5.